The van der Waals surface area contributed by atoms with Crippen LogP contribution in [0.2, 0.25) is 5.02 Å². The molecule has 0 aliphatic rings. The van der Waals surface area contributed by atoms with Gasteiger partial charge in [0.2, 0.25) is 0 Å². The van der Waals surface area contributed by atoms with Crippen molar-refractivity contribution in [1.82, 2.24) is 14.9 Å². The van der Waals surface area contributed by atoms with E-state index in [-0.39, 0.29) is 23.5 Å². The van der Waals surface area contributed by atoms with Crippen molar-refractivity contribution >= 4 is 50.5 Å². The highest BCUT2D eigenvalue weighted by Crippen LogP contribution is 2.32. The summed E-state index contributed by atoms with van der Waals surface area (Å²) in [6, 6.07) is 4.95. The summed E-state index contributed by atoms with van der Waals surface area (Å²) < 4.78 is 17.1. The van der Waals surface area contributed by atoms with Gasteiger partial charge >= 0.3 is 0 Å². The average molecular weight is 474 g/mol. The molecule has 0 fully saturated rings. The Morgan fingerprint density at radius 1 is 1.46 bits per heavy atom. The van der Waals surface area contributed by atoms with Crippen molar-refractivity contribution in [2.24, 2.45) is 0 Å². The normalized spacial score (nSPS) is 12.2. The lowest BCUT2D eigenvalue weighted by atomic mass is 10.2. The van der Waals surface area contributed by atoms with Crippen LogP contribution in [0.5, 0.6) is 0 Å². The number of rotatable bonds is 7. The van der Waals surface area contributed by atoms with Crippen molar-refractivity contribution in [2.45, 2.75) is 6.10 Å². The van der Waals surface area contributed by atoms with Crippen molar-refractivity contribution < 1.29 is 24.2 Å². The molecule has 148 valence electrons. The molecule has 1 unspecified atom stereocenters. The number of nitrogens with zero attached hydrogens (tertiary/aromatic N) is 2. The molecule has 0 saturated heterocycles. The standard InChI is InChI=1S/C17H15BrClFN4O4/c18-9-1-2-13(12(19)5-9)22-15-11(17(27)23-28-8-10(26)7-25)6-24-4-3-21-16(24)14(15)20/h1-6,10,22,25-26H,7-8H2,(H,23,27). The van der Waals surface area contributed by atoms with Gasteiger partial charge in [0, 0.05) is 23.1 Å². The van der Waals surface area contributed by atoms with Crippen LogP contribution in [0.3, 0.4) is 0 Å². The summed E-state index contributed by atoms with van der Waals surface area (Å²) in [5, 5.41) is 21.2. The first-order chi connectivity index (χ1) is 13.4. The number of amides is 1. The van der Waals surface area contributed by atoms with Gasteiger partial charge in [-0.1, -0.05) is 27.5 Å². The third kappa shape index (κ3) is 4.42. The molecule has 0 saturated carbocycles. The number of aliphatic hydroxyl groups is 2. The highest BCUT2D eigenvalue weighted by molar-refractivity contribution is 9.10. The number of aliphatic hydroxyl groups excluding tert-OH is 2. The molecular weight excluding hydrogens is 459 g/mol. The minimum Gasteiger partial charge on any atom is -0.394 e. The molecule has 1 aromatic carbocycles. The van der Waals surface area contributed by atoms with Gasteiger partial charge in [0.1, 0.15) is 12.7 Å². The number of carbonyl (C=O) groups is 1. The van der Waals surface area contributed by atoms with E-state index in [1.165, 1.54) is 23.0 Å². The van der Waals surface area contributed by atoms with Crippen LogP contribution < -0.4 is 10.8 Å². The van der Waals surface area contributed by atoms with Gasteiger partial charge in [-0.2, -0.15) is 0 Å². The van der Waals surface area contributed by atoms with Crippen molar-refractivity contribution in [3.63, 3.8) is 0 Å². The molecule has 0 spiro atoms. The average Bonchev–Trinajstić information content (AvgIpc) is 3.14. The first-order valence-electron chi connectivity index (χ1n) is 7.99. The molecular formula is C17H15BrClFN4O4. The Morgan fingerprint density at radius 3 is 2.96 bits per heavy atom. The summed E-state index contributed by atoms with van der Waals surface area (Å²) >= 11 is 9.47. The van der Waals surface area contributed by atoms with Gasteiger partial charge in [-0.05, 0) is 18.2 Å². The van der Waals surface area contributed by atoms with Gasteiger partial charge in [-0.3, -0.25) is 9.63 Å². The summed E-state index contributed by atoms with van der Waals surface area (Å²) in [4.78, 5) is 21.3. The zero-order valence-corrected chi connectivity index (χ0v) is 16.5. The van der Waals surface area contributed by atoms with Crippen molar-refractivity contribution in [3.05, 3.63) is 57.7 Å². The van der Waals surface area contributed by atoms with Crippen LogP contribution in [0.1, 0.15) is 10.4 Å². The largest absolute Gasteiger partial charge is 0.394 e. The van der Waals surface area contributed by atoms with E-state index in [4.69, 9.17) is 21.5 Å². The molecule has 8 nitrogen and oxygen atoms in total. The number of halogens is 3. The number of hydrogen-bond acceptors (Lipinski definition) is 6. The number of hydrogen-bond donors (Lipinski definition) is 4. The number of carbonyl (C=O) groups excluding carboxylic acids is 1. The Bertz CT molecular complexity index is 1020. The second-order valence-electron chi connectivity index (χ2n) is 5.72. The molecule has 1 amide bonds. The Kier molecular flexibility index (Phi) is 6.47. The van der Waals surface area contributed by atoms with E-state index in [1.54, 1.807) is 18.2 Å². The Hall–Kier alpha value is -2.24. The minimum absolute atomic E-state index is 0.0175. The molecule has 0 aliphatic carbocycles. The van der Waals surface area contributed by atoms with Crippen LogP contribution in [0.15, 0.2) is 41.3 Å². The molecule has 0 radical (unpaired) electrons. The number of aromatic nitrogens is 2. The Labute approximate surface area is 172 Å². The lowest BCUT2D eigenvalue weighted by Crippen LogP contribution is -2.30. The highest BCUT2D eigenvalue weighted by atomic mass is 79.9. The maximum Gasteiger partial charge on any atom is 0.278 e. The third-order valence-corrected chi connectivity index (χ3v) is 4.51. The summed E-state index contributed by atoms with van der Waals surface area (Å²) in [6.07, 6.45) is 3.10. The van der Waals surface area contributed by atoms with E-state index in [2.05, 4.69) is 31.7 Å². The Balaban J connectivity index is 1.96. The van der Waals surface area contributed by atoms with Crippen LogP contribution in [0.25, 0.3) is 5.65 Å². The lowest BCUT2D eigenvalue weighted by molar-refractivity contribution is -0.0295. The SMILES string of the molecule is O=C(NOCC(O)CO)c1cn2ccnc2c(F)c1Nc1ccc(Br)cc1Cl. The van der Waals surface area contributed by atoms with Crippen LogP contribution in [-0.2, 0) is 4.84 Å². The predicted molar refractivity (Wildman–Crippen MR) is 104 cm³/mol. The van der Waals surface area contributed by atoms with Gasteiger partial charge in [0.05, 0.1) is 28.6 Å². The molecule has 2 aromatic heterocycles. The van der Waals surface area contributed by atoms with Crippen LogP contribution in [0, 0.1) is 5.82 Å². The van der Waals surface area contributed by atoms with Crippen molar-refractivity contribution in [2.75, 3.05) is 18.5 Å². The van der Waals surface area contributed by atoms with E-state index in [0.29, 0.717) is 10.7 Å². The van der Waals surface area contributed by atoms with Gasteiger partial charge in [-0.25, -0.2) is 14.9 Å². The summed E-state index contributed by atoms with van der Waals surface area (Å²) in [5.74, 6) is -1.53. The number of hydroxylamine groups is 1. The van der Waals surface area contributed by atoms with Gasteiger partial charge in [0.15, 0.2) is 11.5 Å². The second kappa shape index (κ2) is 8.84. The van der Waals surface area contributed by atoms with Gasteiger partial charge in [0.25, 0.3) is 5.91 Å². The molecule has 0 aliphatic heterocycles. The number of benzene rings is 1. The molecule has 1 atom stereocenters. The first kappa shape index (κ1) is 20.5. The zero-order chi connectivity index (χ0) is 20.3. The maximum absolute atomic E-state index is 15.0. The quantitative estimate of drug-likeness (QED) is 0.393. The molecule has 2 heterocycles. The predicted octanol–water partition coefficient (Wildman–Crippen LogP) is 2.65. The fraction of sp³-hybridized carbons (Fsp3) is 0.176. The molecule has 3 aromatic rings. The van der Waals surface area contributed by atoms with Crippen LogP contribution in [0.4, 0.5) is 15.8 Å². The van der Waals surface area contributed by atoms with Gasteiger partial charge < -0.3 is 19.9 Å². The van der Waals surface area contributed by atoms with E-state index >= 15 is 4.39 Å². The maximum atomic E-state index is 15.0. The van der Waals surface area contributed by atoms with E-state index < -0.39 is 24.4 Å². The number of fused-ring (bicyclic) bond motifs is 1. The smallest absolute Gasteiger partial charge is 0.278 e. The van der Waals surface area contributed by atoms with E-state index in [0.717, 1.165) is 4.47 Å². The molecule has 28 heavy (non-hydrogen) atoms. The fourth-order valence-electron chi connectivity index (χ4n) is 2.35. The Morgan fingerprint density at radius 2 is 2.25 bits per heavy atom. The topological polar surface area (TPSA) is 108 Å². The van der Waals surface area contributed by atoms with Crippen LogP contribution in [-0.4, -0.2) is 44.8 Å². The summed E-state index contributed by atoms with van der Waals surface area (Å²) in [7, 11) is 0. The minimum atomic E-state index is -1.16. The van der Waals surface area contributed by atoms with Gasteiger partial charge in [-0.15, -0.1) is 0 Å². The van der Waals surface area contributed by atoms with E-state index in [9.17, 15) is 9.90 Å². The van der Waals surface area contributed by atoms with Crippen molar-refractivity contribution in [3.8, 4) is 0 Å². The monoisotopic (exact) mass is 472 g/mol. The number of pyridine rings is 1. The second-order valence-corrected chi connectivity index (χ2v) is 7.04. The first-order valence-corrected chi connectivity index (χ1v) is 9.16. The molecule has 11 heteroatoms. The lowest BCUT2D eigenvalue weighted by Gasteiger charge is -2.15. The number of imidazole rings is 1. The fourth-order valence-corrected chi connectivity index (χ4v) is 3.07. The summed E-state index contributed by atoms with van der Waals surface area (Å²) in [6.45, 7) is -0.861. The number of nitrogens with one attached hydrogen (secondary N) is 2. The van der Waals surface area contributed by atoms with Crippen LogP contribution >= 0.6 is 27.5 Å². The third-order valence-electron chi connectivity index (χ3n) is 3.71. The van der Waals surface area contributed by atoms with E-state index in [1.807, 2.05) is 0 Å². The molecule has 4 N–H and O–H groups in total. The molecule has 0 bridgehead atoms. The van der Waals surface area contributed by atoms with Crippen molar-refractivity contribution in [1.29, 1.82) is 0 Å². The zero-order valence-electron chi connectivity index (χ0n) is 14.2. The highest BCUT2D eigenvalue weighted by Gasteiger charge is 2.21. The number of anilines is 2. The summed E-state index contributed by atoms with van der Waals surface area (Å²) in [5.41, 5.74) is 2.28. The molecule has 3 rings (SSSR count).